The van der Waals surface area contributed by atoms with Crippen molar-refractivity contribution in [1.29, 1.82) is 0 Å². The molecular formula is C10H11N3O. The lowest BCUT2D eigenvalue weighted by Gasteiger charge is -1.98. The summed E-state index contributed by atoms with van der Waals surface area (Å²) in [7, 11) is 0. The molecular weight excluding hydrogens is 178 g/mol. The van der Waals surface area contributed by atoms with Crippen molar-refractivity contribution < 1.29 is 4.79 Å². The molecule has 0 unspecified atom stereocenters. The van der Waals surface area contributed by atoms with Crippen molar-refractivity contribution in [2.45, 2.75) is 20.8 Å². The normalized spacial score (nSPS) is 10.8. The minimum atomic E-state index is -0.0225. The van der Waals surface area contributed by atoms with Gasteiger partial charge in [-0.3, -0.25) is 9.20 Å². The SMILES string of the molecule is CC(=O)c1cn2c(C)nc(C)cc2n1. The standard InChI is InChI=1S/C10H11N3O/c1-6-4-10-12-9(7(2)14)5-13(10)8(3)11-6/h4-5H,1-3H3. The highest BCUT2D eigenvalue weighted by Crippen LogP contribution is 2.08. The second-order valence-electron chi connectivity index (χ2n) is 3.36. The average Bonchev–Trinajstić information content (AvgIpc) is 2.47. The number of nitrogens with zero attached hydrogens (tertiary/aromatic N) is 3. The van der Waals surface area contributed by atoms with Crippen LogP contribution in [-0.4, -0.2) is 20.2 Å². The van der Waals surface area contributed by atoms with Gasteiger partial charge in [0.25, 0.3) is 0 Å². The third-order valence-electron chi connectivity index (χ3n) is 2.12. The Morgan fingerprint density at radius 1 is 1.36 bits per heavy atom. The van der Waals surface area contributed by atoms with Crippen LogP contribution in [0.2, 0.25) is 0 Å². The van der Waals surface area contributed by atoms with Gasteiger partial charge in [-0.15, -0.1) is 0 Å². The van der Waals surface area contributed by atoms with E-state index in [0.29, 0.717) is 5.69 Å². The Kier molecular flexibility index (Phi) is 1.84. The summed E-state index contributed by atoms with van der Waals surface area (Å²) in [6, 6.07) is 1.86. The maximum atomic E-state index is 11.1. The Balaban J connectivity index is 2.76. The van der Waals surface area contributed by atoms with Crippen molar-refractivity contribution in [3.63, 3.8) is 0 Å². The van der Waals surface area contributed by atoms with Gasteiger partial charge >= 0.3 is 0 Å². The van der Waals surface area contributed by atoms with E-state index in [-0.39, 0.29) is 5.78 Å². The topological polar surface area (TPSA) is 47.3 Å². The van der Waals surface area contributed by atoms with E-state index in [2.05, 4.69) is 9.97 Å². The molecule has 2 aromatic rings. The number of rotatable bonds is 1. The van der Waals surface area contributed by atoms with Gasteiger partial charge in [0.2, 0.25) is 0 Å². The van der Waals surface area contributed by atoms with Crippen LogP contribution < -0.4 is 0 Å². The Morgan fingerprint density at radius 3 is 2.71 bits per heavy atom. The van der Waals surface area contributed by atoms with Crippen LogP contribution in [0.3, 0.4) is 0 Å². The Hall–Kier alpha value is -1.71. The summed E-state index contributed by atoms with van der Waals surface area (Å²) in [5.74, 6) is 0.825. The number of carbonyl (C=O) groups excluding carboxylic acids is 1. The van der Waals surface area contributed by atoms with E-state index in [0.717, 1.165) is 17.2 Å². The van der Waals surface area contributed by atoms with Crippen LogP contribution in [0, 0.1) is 13.8 Å². The molecule has 14 heavy (non-hydrogen) atoms. The van der Waals surface area contributed by atoms with Crippen LogP contribution >= 0.6 is 0 Å². The zero-order chi connectivity index (χ0) is 10.3. The molecule has 0 atom stereocenters. The van der Waals surface area contributed by atoms with E-state index < -0.39 is 0 Å². The first kappa shape index (κ1) is 8.87. The molecule has 72 valence electrons. The van der Waals surface area contributed by atoms with Gasteiger partial charge in [0.05, 0.1) is 0 Å². The first-order valence-corrected chi connectivity index (χ1v) is 4.42. The molecule has 0 aliphatic rings. The summed E-state index contributed by atoms with van der Waals surface area (Å²) in [6.45, 7) is 5.32. The predicted octanol–water partition coefficient (Wildman–Crippen LogP) is 1.55. The summed E-state index contributed by atoms with van der Waals surface area (Å²) in [5.41, 5.74) is 2.18. The van der Waals surface area contributed by atoms with E-state index in [1.54, 1.807) is 6.20 Å². The molecule has 0 fully saturated rings. The van der Waals surface area contributed by atoms with Crippen molar-refractivity contribution >= 4 is 11.4 Å². The van der Waals surface area contributed by atoms with E-state index >= 15 is 0 Å². The molecule has 2 rings (SSSR count). The van der Waals surface area contributed by atoms with Crippen LogP contribution in [0.15, 0.2) is 12.3 Å². The number of aryl methyl sites for hydroxylation is 2. The van der Waals surface area contributed by atoms with Crippen molar-refractivity contribution in [2.75, 3.05) is 0 Å². The van der Waals surface area contributed by atoms with Crippen LogP contribution in [0.5, 0.6) is 0 Å². The summed E-state index contributed by atoms with van der Waals surface area (Å²) in [4.78, 5) is 19.6. The number of imidazole rings is 1. The lowest BCUT2D eigenvalue weighted by molar-refractivity contribution is 0.101. The minimum Gasteiger partial charge on any atom is -0.293 e. The fraction of sp³-hybridized carbons (Fsp3) is 0.300. The largest absolute Gasteiger partial charge is 0.293 e. The zero-order valence-corrected chi connectivity index (χ0v) is 8.40. The molecule has 0 spiro atoms. The molecule has 4 nitrogen and oxygen atoms in total. The van der Waals surface area contributed by atoms with E-state index in [9.17, 15) is 4.79 Å². The van der Waals surface area contributed by atoms with Gasteiger partial charge in [-0.1, -0.05) is 0 Å². The quantitative estimate of drug-likeness (QED) is 0.639. The summed E-state index contributed by atoms with van der Waals surface area (Å²) in [6.07, 6.45) is 1.72. The summed E-state index contributed by atoms with van der Waals surface area (Å²) < 4.78 is 1.82. The number of hydrogen-bond donors (Lipinski definition) is 0. The molecule has 2 aromatic heterocycles. The highest BCUT2D eigenvalue weighted by molar-refractivity contribution is 5.92. The van der Waals surface area contributed by atoms with E-state index in [4.69, 9.17) is 0 Å². The minimum absolute atomic E-state index is 0.0225. The van der Waals surface area contributed by atoms with Crippen LogP contribution in [-0.2, 0) is 0 Å². The molecule has 0 aliphatic heterocycles. The van der Waals surface area contributed by atoms with Gasteiger partial charge < -0.3 is 0 Å². The maximum Gasteiger partial charge on any atom is 0.179 e. The molecule has 0 saturated carbocycles. The molecule has 0 amide bonds. The van der Waals surface area contributed by atoms with Gasteiger partial charge in [0, 0.05) is 24.9 Å². The molecule has 0 N–H and O–H groups in total. The predicted molar refractivity (Wildman–Crippen MR) is 52.5 cm³/mol. The van der Waals surface area contributed by atoms with E-state index in [1.165, 1.54) is 6.92 Å². The number of fused-ring (bicyclic) bond motifs is 1. The second-order valence-corrected chi connectivity index (χ2v) is 3.36. The van der Waals surface area contributed by atoms with Crippen molar-refractivity contribution in [1.82, 2.24) is 14.4 Å². The third kappa shape index (κ3) is 1.28. The zero-order valence-electron chi connectivity index (χ0n) is 8.40. The highest BCUT2D eigenvalue weighted by Gasteiger charge is 2.07. The van der Waals surface area contributed by atoms with Gasteiger partial charge in [0.1, 0.15) is 17.2 Å². The lowest BCUT2D eigenvalue weighted by Crippen LogP contribution is -1.95. The average molecular weight is 189 g/mol. The van der Waals surface area contributed by atoms with Crippen LogP contribution in [0.4, 0.5) is 0 Å². The van der Waals surface area contributed by atoms with Crippen molar-refractivity contribution in [2.24, 2.45) is 0 Å². The Bertz CT molecular complexity index is 513. The summed E-state index contributed by atoms with van der Waals surface area (Å²) >= 11 is 0. The molecule has 0 aliphatic carbocycles. The van der Waals surface area contributed by atoms with Crippen LogP contribution in [0.25, 0.3) is 5.65 Å². The number of Topliss-reactive ketones (excluding diaryl/α,β-unsaturated/α-hetero) is 1. The Morgan fingerprint density at radius 2 is 2.07 bits per heavy atom. The molecule has 0 bridgehead atoms. The molecule has 2 heterocycles. The monoisotopic (exact) mass is 189 g/mol. The van der Waals surface area contributed by atoms with Gasteiger partial charge in [-0.05, 0) is 13.8 Å². The third-order valence-corrected chi connectivity index (χ3v) is 2.12. The number of hydrogen-bond acceptors (Lipinski definition) is 3. The highest BCUT2D eigenvalue weighted by atomic mass is 16.1. The second kappa shape index (κ2) is 2.90. The molecule has 0 radical (unpaired) electrons. The van der Waals surface area contributed by atoms with Crippen molar-refractivity contribution in [3.05, 3.63) is 29.5 Å². The van der Waals surface area contributed by atoms with Gasteiger partial charge in [-0.2, -0.15) is 0 Å². The van der Waals surface area contributed by atoms with Crippen LogP contribution in [0.1, 0.15) is 28.9 Å². The molecule has 0 aromatic carbocycles. The smallest absolute Gasteiger partial charge is 0.179 e. The summed E-state index contributed by atoms with van der Waals surface area (Å²) in [5, 5.41) is 0. The number of aromatic nitrogens is 3. The lowest BCUT2D eigenvalue weighted by atomic mass is 10.3. The molecule has 4 heteroatoms. The van der Waals surface area contributed by atoms with Crippen molar-refractivity contribution in [3.8, 4) is 0 Å². The Labute approximate surface area is 81.6 Å². The maximum absolute atomic E-state index is 11.1. The molecule has 0 saturated heterocycles. The number of carbonyl (C=O) groups is 1. The first-order valence-electron chi connectivity index (χ1n) is 4.42. The fourth-order valence-corrected chi connectivity index (χ4v) is 1.45. The van der Waals surface area contributed by atoms with Gasteiger partial charge in [0.15, 0.2) is 5.78 Å². The van der Waals surface area contributed by atoms with Gasteiger partial charge in [-0.25, -0.2) is 9.97 Å². The fourth-order valence-electron chi connectivity index (χ4n) is 1.45. The van der Waals surface area contributed by atoms with E-state index in [1.807, 2.05) is 24.3 Å². The number of ketones is 1. The first-order chi connectivity index (χ1) is 6.58.